The van der Waals surface area contributed by atoms with Gasteiger partial charge in [-0.3, -0.25) is 0 Å². The first kappa shape index (κ1) is 11.2. The summed E-state index contributed by atoms with van der Waals surface area (Å²) in [7, 11) is 0. The molecule has 1 aromatic rings. The lowest BCUT2D eigenvalue weighted by Gasteiger charge is -2.17. The van der Waals surface area contributed by atoms with E-state index in [4.69, 9.17) is 4.74 Å². The molecule has 16 heavy (non-hydrogen) atoms. The number of aliphatic hydroxyl groups is 1. The van der Waals surface area contributed by atoms with Crippen LogP contribution in [0.2, 0.25) is 0 Å². The van der Waals surface area contributed by atoms with E-state index >= 15 is 0 Å². The number of hydrogen-bond acceptors (Lipinski definition) is 2. The van der Waals surface area contributed by atoms with Crippen molar-refractivity contribution in [3.8, 4) is 5.75 Å². The molecule has 0 radical (unpaired) electrons. The maximum Gasteiger partial charge on any atom is 0.123 e. The van der Waals surface area contributed by atoms with E-state index in [-0.39, 0.29) is 6.10 Å². The Bertz CT molecular complexity index is 382. The van der Waals surface area contributed by atoms with Crippen molar-refractivity contribution < 1.29 is 9.84 Å². The van der Waals surface area contributed by atoms with Gasteiger partial charge >= 0.3 is 0 Å². The van der Waals surface area contributed by atoms with Crippen molar-refractivity contribution in [1.82, 2.24) is 0 Å². The summed E-state index contributed by atoms with van der Waals surface area (Å²) in [5.74, 6) is 0.925. The van der Waals surface area contributed by atoms with Crippen LogP contribution in [0, 0.1) is 0 Å². The lowest BCUT2D eigenvalue weighted by atomic mass is 9.96. The van der Waals surface area contributed by atoms with Gasteiger partial charge in [0.15, 0.2) is 0 Å². The molecule has 2 rings (SSSR count). The first-order chi connectivity index (χ1) is 7.81. The maximum absolute atomic E-state index is 9.48. The number of ether oxygens (including phenoxy) is 1. The number of rotatable bonds is 4. The summed E-state index contributed by atoms with van der Waals surface area (Å²) in [5.41, 5.74) is 2.61. The number of aliphatic hydroxyl groups excluding tert-OH is 1. The zero-order chi connectivity index (χ0) is 11.4. The van der Waals surface area contributed by atoms with Crippen LogP contribution < -0.4 is 4.74 Å². The van der Waals surface area contributed by atoms with Gasteiger partial charge in [0.1, 0.15) is 12.4 Å². The highest BCUT2D eigenvalue weighted by molar-refractivity contribution is 5.44. The van der Waals surface area contributed by atoms with Crippen molar-refractivity contribution in [2.24, 2.45) is 0 Å². The van der Waals surface area contributed by atoms with Crippen LogP contribution in [0.5, 0.6) is 5.75 Å². The van der Waals surface area contributed by atoms with Crippen LogP contribution in [0.25, 0.3) is 0 Å². The zero-order valence-electron chi connectivity index (χ0n) is 9.65. The molecule has 0 amide bonds. The van der Waals surface area contributed by atoms with Crippen molar-refractivity contribution in [3.63, 3.8) is 0 Å². The molecule has 2 heteroatoms. The van der Waals surface area contributed by atoms with Crippen molar-refractivity contribution in [2.45, 2.75) is 32.3 Å². The molecule has 0 fully saturated rings. The van der Waals surface area contributed by atoms with Crippen LogP contribution in [0.1, 0.15) is 24.5 Å². The first-order valence-electron chi connectivity index (χ1n) is 5.88. The average molecular weight is 218 g/mol. The molecule has 0 aliphatic heterocycles. The van der Waals surface area contributed by atoms with Crippen LogP contribution in [-0.2, 0) is 12.8 Å². The standard InChI is InChI=1S/C14H18O2/c1-2-12(15)10-16-14-9-5-7-11-6-3-4-8-13(11)14/h3-5,7,9,12,15H,2,6,8,10H2,1H3. The summed E-state index contributed by atoms with van der Waals surface area (Å²) < 4.78 is 5.67. The highest BCUT2D eigenvalue weighted by Crippen LogP contribution is 2.26. The molecule has 0 aromatic heterocycles. The van der Waals surface area contributed by atoms with Gasteiger partial charge < -0.3 is 9.84 Å². The molecular weight excluding hydrogens is 200 g/mol. The molecule has 86 valence electrons. The average Bonchev–Trinajstić information content (AvgIpc) is 2.35. The predicted molar refractivity (Wildman–Crippen MR) is 64.8 cm³/mol. The SMILES string of the molecule is CCC(O)COc1cccc2c1CC=CC2. The van der Waals surface area contributed by atoms with Crippen molar-refractivity contribution in [1.29, 1.82) is 0 Å². The molecule has 1 aliphatic rings. The smallest absolute Gasteiger partial charge is 0.123 e. The molecular formula is C14H18O2. The predicted octanol–water partition coefficient (Wildman–Crippen LogP) is 2.49. The monoisotopic (exact) mass is 218 g/mol. The van der Waals surface area contributed by atoms with Gasteiger partial charge in [0.2, 0.25) is 0 Å². The van der Waals surface area contributed by atoms with Gasteiger partial charge in [-0.2, -0.15) is 0 Å². The summed E-state index contributed by atoms with van der Waals surface area (Å²) in [6.07, 6.45) is 6.65. The Morgan fingerprint density at radius 3 is 2.94 bits per heavy atom. The Balaban J connectivity index is 2.10. The summed E-state index contributed by atoms with van der Waals surface area (Å²) in [6.45, 7) is 2.34. The molecule has 1 aliphatic carbocycles. The Hall–Kier alpha value is -1.28. The summed E-state index contributed by atoms with van der Waals surface area (Å²) in [4.78, 5) is 0. The van der Waals surface area contributed by atoms with Crippen molar-refractivity contribution in [3.05, 3.63) is 41.5 Å². The largest absolute Gasteiger partial charge is 0.491 e. The normalized spacial score (nSPS) is 15.6. The van der Waals surface area contributed by atoms with E-state index in [0.29, 0.717) is 6.61 Å². The van der Waals surface area contributed by atoms with E-state index in [0.717, 1.165) is 25.0 Å². The third-order valence-electron chi connectivity index (χ3n) is 2.96. The van der Waals surface area contributed by atoms with Gasteiger partial charge in [0.05, 0.1) is 6.10 Å². The second-order valence-corrected chi connectivity index (χ2v) is 4.15. The molecule has 0 saturated carbocycles. The fourth-order valence-electron chi connectivity index (χ4n) is 1.88. The molecule has 1 unspecified atom stereocenters. The molecule has 1 aromatic carbocycles. The van der Waals surface area contributed by atoms with Crippen LogP contribution in [0.3, 0.4) is 0 Å². The minimum Gasteiger partial charge on any atom is -0.491 e. The van der Waals surface area contributed by atoms with E-state index in [1.807, 2.05) is 19.1 Å². The second-order valence-electron chi connectivity index (χ2n) is 4.15. The molecule has 0 heterocycles. The van der Waals surface area contributed by atoms with Crippen LogP contribution >= 0.6 is 0 Å². The van der Waals surface area contributed by atoms with Gasteiger partial charge in [-0.05, 0) is 30.9 Å². The van der Waals surface area contributed by atoms with E-state index in [1.165, 1.54) is 11.1 Å². The number of allylic oxidation sites excluding steroid dienone is 2. The fourth-order valence-corrected chi connectivity index (χ4v) is 1.88. The van der Waals surface area contributed by atoms with Gasteiger partial charge in [0, 0.05) is 5.56 Å². The maximum atomic E-state index is 9.48. The minimum absolute atomic E-state index is 0.366. The Kier molecular flexibility index (Phi) is 3.62. The lowest BCUT2D eigenvalue weighted by Crippen LogP contribution is -2.17. The molecule has 0 saturated heterocycles. The lowest BCUT2D eigenvalue weighted by molar-refractivity contribution is 0.104. The van der Waals surface area contributed by atoms with E-state index < -0.39 is 0 Å². The van der Waals surface area contributed by atoms with E-state index in [9.17, 15) is 5.11 Å². The van der Waals surface area contributed by atoms with Gasteiger partial charge in [-0.15, -0.1) is 0 Å². The molecule has 0 spiro atoms. The highest BCUT2D eigenvalue weighted by atomic mass is 16.5. The molecule has 1 N–H and O–H groups in total. The van der Waals surface area contributed by atoms with Crippen LogP contribution in [0.15, 0.2) is 30.4 Å². The summed E-state index contributed by atoms with van der Waals surface area (Å²) in [6, 6.07) is 6.15. The summed E-state index contributed by atoms with van der Waals surface area (Å²) in [5, 5.41) is 9.48. The first-order valence-corrected chi connectivity index (χ1v) is 5.88. The number of hydrogen-bond donors (Lipinski definition) is 1. The van der Waals surface area contributed by atoms with E-state index in [1.54, 1.807) is 0 Å². The van der Waals surface area contributed by atoms with Gasteiger partial charge in [0.25, 0.3) is 0 Å². The molecule has 2 nitrogen and oxygen atoms in total. The zero-order valence-corrected chi connectivity index (χ0v) is 9.65. The third-order valence-corrected chi connectivity index (χ3v) is 2.96. The second kappa shape index (κ2) is 5.17. The minimum atomic E-state index is -0.366. The number of fused-ring (bicyclic) bond motifs is 1. The molecule has 1 atom stereocenters. The Morgan fingerprint density at radius 1 is 1.31 bits per heavy atom. The van der Waals surface area contributed by atoms with E-state index in [2.05, 4.69) is 18.2 Å². The van der Waals surface area contributed by atoms with Crippen molar-refractivity contribution in [2.75, 3.05) is 6.61 Å². The topological polar surface area (TPSA) is 29.5 Å². The molecule has 0 bridgehead atoms. The van der Waals surface area contributed by atoms with Crippen LogP contribution in [-0.4, -0.2) is 17.8 Å². The Labute approximate surface area is 96.6 Å². The third kappa shape index (κ3) is 2.45. The van der Waals surface area contributed by atoms with Crippen molar-refractivity contribution >= 4 is 0 Å². The number of benzene rings is 1. The van der Waals surface area contributed by atoms with Crippen LogP contribution in [0.4, 0.5) is 0 Å². The van der Waals surface area contributed by atoms with Gasteiger partial charge in [-0.25, -0.2) is 0 Å². The quantitative estimate of drug-likeness (QED) is 0.787. The summed E-state index contributed by atoms with van der Waals surface area (Å²) >= 11 is 0. The van der Waals surface area contributed by atoms with Gasteiger partial charge in [-0.1, -0.05) is 31.2 Å². The fraction of sp³-hybridized carbons (Fsp3) is 0.429. The Morgan fingerprint density at radius 2 is 2.12 bits per heavy atom. The highest BCUT2D eigenvalue weighted by Gasteiger charge is 2.11.